The lowest BCUT2D eigenvalue weighted by molar-refractivity contribution is 0.0767. The first-order chi connectivity index (χ1) is 11.0. The van der Waals surface area contributed by atoms with Gasteiger partial charge in [-0.25, -0.2) is 4.98 Å². The van der Waals surface area contributed by atoms with Crippen LogP contribution in [0.25, 0.3) is 0 Å². The molecule has 122 valence electrons. The van der Waals surface area contributed by atoms with Gasteiger partial charge in [0.2, 0.25) is 0 Å². The van der Waals surface area contributed by atoms with Gasteiger partial charge in [0.1, 0.15) is 5.69 Å². The Labute approximate surface area is 142 Å². The number of carbonyl (C=O) groups excluding carboxylic acids is 1. The zero-order valence-corrected chi connectivity index (χ0v) is 14.7. The summed E-state index contributed by atoms with van der Waals surface area (Å²) in [6, 6.07) is 7.57. The lowest BCUT2D eigenvalue weighted by atomic mass is 10.1. The highest BCUT2D eigenvalue weighted by Gasteiger charge is 2.14. The molecule has 0 atom stereocenters. The third-order valence-electron chi connectivity index (χ3n) is 3.73. The minimum atomic E-state index is -0.0499. The number of amides is 1. The largest absolute Gasteiger partial charge is 0.353 e. The van der Waals surface area contributed by atoms with Crippen LogP contribution in [0.5, 0.6) is 0 Å². The summed E-state index contributed by atoms with van der Waals surface area (Å²) in [5.41, 5.74) is 4.30. The molecular formula is C18H22ClN3O. The number of pyridine rings is 1. The van der Waals surface area contributed by atoms with E-state index in [0.29, 0.717) is 23.8 Å². The maximum absolute atomic E-state index is 12.2. The predicted molar refractivity (Wildman–Crippen MR) is 95.7 cm³/mol. The fourth-order valence-corrected chi connectivity index (χ4v) is 2.85. The van der Waals surface area contributed by atoms with Crippen LogP contribution in [-0.4, -0.2) is 28.9 Å². The number of benzene rings is 1. The molecule has 2 aromatic rings. The van der Waals surface area contributed by atoms with E-state index >= 15 is 0 Å². The number of halogens is 1. The van der Waals surface area contributed by atoms with Gasteiger partial charge in [-0.2, -0.15) is 0 Å². The average molecular weight is 332 g/mol. The normalized spacial score (nSPS) is 10.5. The second kappa shape index (κ2) is 7.47. The number of nitrogens with zero attached hydrogens (tertiary/aromatic N) is 2. The van der Waals surface area contributed by atoms with Gasteiger partial charge in [0, 0.05) is 13.1 Å². The van der Waals surface area contributed by atoms with E-state index in [1.165, 1.54) is 0 Å². The van der Waals surface area contributed by atoms with E-state index in [1.807, 2.05) is 39.8 Å². The van der Waals surface area contributed by atoms with Crippen LogP contribution < -0.4 is 5.32 Å². The zero-order valence-electron chi connectivity index (χ0n) is 14.0. The number of hydrogen-bond acceptors (Lipinski definition) is 3. The SMILES string of the molecule is CCN(CC)C(=O)c1ccc(Nc2c(C)cc(C)cc2Cl)cn1. The molecule has 5 heteroatoms. The van der Waals surface area contributed by atoms with Crippen molar-refractivity contribution in [2.24, 2.45) is 0 Å². The third-order valence-corrected chi connectivity index (χ3v) is 4.03. The van der Waals surface area contributed by atoms with Crippen molar-refractivity contribution >= 4 is 28.9 Å². The van der Waals surface area contributed by atoms with Crippen molar-refractivity contribution in [3.8, 4) is 0 Å². The molecule has 1 aromatic carbocycles. The van der Waals surface area contributed by atoms with Crippen LogP contribution in [0.2, 0.25) is 5.02 Å². The number of anilines is 2. The quantitative estimate of drug-likeness (QED) is 0.872. The second-order valence-electron chi connectivity index (χ2n) is 5.47. The molecule has 1 aromatic heterocycles. The molecule has 23 heavy (non-hydrogen) atoms. The highest BCUT2D eigenvalue weighted by atomic mass is 35.5. The van der Waals surface area contributed by atoms with E-state index in [1.54, 1.807) is 17.2 Å². The molecular weight excluding hydrogens is 310 g/mol. The highest BCUT2D eigenvalue weighted by molar-refractivity contribution is 6.33. The topological polar surface area (TPSA) is 45.2 Å². The first-order valence-corrected chi connectivity index (χ1v) is 8.13. The molecule has 1 heterocycles. The summed E-state index contributed by atoms with van der Waals surface area (Å²) in [6.45, 7) is 9.29. The van der Waals surface area contributed by atoms with E-state index in [-0.39, 0.29) is 5.91 Å². The Kier molecular flexibility index (Phi) is 5.61. The molecule has 0 radical (unpaired) electrons. The second-order valence-corrected chi connectivity index (χ2v) is 5.88. The number of nitrogens with one attached hydrogen (secondary N) is 1. The van der Waals surface area contributed by atoms with E-state index in [4.69, 9.17) is 11.6 Å². The summed E-state index contributed by atoms with van der Waals surface area (Å²) in [5.74, 6) is -0.0499. The molecule has 0 aliphatic heterocycles. The summed E-state index contributed by atoms with van der Waals surface area (Å²) < 4.78 is 0. The van der Waals surface area contributed by atoms with Crippen molar-refractivity contribution < 1.29 is 4.79 Å². The smallest absolute Gasteiger partial charge is 0.272 e. The number of aryl methyl sites for hydroxylation is 2. The first-order valence-electron chi connectivity index (χ1n) is 7.75. The predicted octanol–water partition coefficient (Wildman–Crippen LogP) is 4.58. The van der Waals surface area contributed by atoms with E-state index in [0.717, 1.165) is 22.5 Å². The molecule has 4 nitrogen and oxygen atoms in total. The van der Waals surface area contributed by atoms with Gasteiger partial charge in [0.25, 0.3) is 5.91 Å². The number of aromatic nitrogens is 1. The van der Waals surface area contributed by atoms with Crippen molar-refractivity contribution in [2.45, 2.75) is 27.7 Å². The molecule has 1 amide bonds. The minimum absolute atomic E-state index is 0.0499. The van der Waals surface area contributed by atoms with Gasteiger partial charge in [-0.05, 0) is 57.0 Å². The first kappa shape index (κ1) is 17.3. The van der Waals surface area contributed by atoms with E-state index in [2.05, 4.69) is 16.4 Å². The van der Waals surface area contributed by atoms with Gasteiger partial charge in [-0.15, -0.1) is 0 Å². The lowest BCUT2D eigenvalue weighted by Crippen LogP contribution is -2.31. The maximum Gasteiger partial charge on any atom is 0.272 e. The van der Waals surface area contributed by atoms with Gasteiger partial charge >= 0.3 is 0 Å². The van der Waals surface area contributed by atoms with Crippen molar-refractivity contribution in [2.75, 3.05) is 18.4 Å². The summed E-state index contributed by atoms with van der Waals surface area (Å²) in [4.78, 5) is 18.3. The number of carbonyl (C=O) groups is 1. The van der Waals surface area contributed by atoms with Crippen molar-refractivity contribution in [3.63, 3.8) is 0 Å². The van der Waals surface area contributed by atoms with Gasteiger partial charge in [-0.3, -0.25) is 4.79 Å². The summed E-state index contributed by atoms with van der Waals surface area (Å²) in [7, 11) is 0. The molecule has 0 saturated carbocycles. The van der Waals surface area contributed by atoms with Crippen LogP contribution in [-0.2, 0) is 0 Å². The van der Waals surface area contributed by atoms with Gasteiger partial charge in [-0.1, -0.05) is 17.7 Å². The number of hydrogen-bond donors (Lipinski definition) is 1. The number of rotatable bonds is 5. The lowest BCUT2D eigenvalue weighted by Gasteiger charge is -2.18. The van der Waals surface area contributed by atoms with Gasteiger partial charge < -0.3 is 10.2 Å². The molecule has 0 aliphatic carbocycles. The molecule has 0 spiro atoms. The molecule has 1 N–H and O–H groups in total. The maximum atomic E-state index is 12.2. The van der Waals surface area contributed by atoms with Crippen molar-refractivity contribution in [3.05, 3.63) is 52.3 Å². The van der Waals surface area contributed by atoms with Crippen LogP contribution in [0.15, 0.2) is 30.5 Å². The Hall–Kier alpha value is -2.07. The summed E-state index contributed by atoms with van der Waals surface area (Å²) >= 11 is 6.30. The highest BCUT2D eigenvalue weighted by Crippen LogP contribution is 2.30. The third kappa shape index (κ3) is 4.02. The molecule has 0 fully saturated rings. The van der Waals surface area contributed by atoms with Crippen LogP contribution in [0.1, 0.15) is 35.5 Å². The summed E-state index contributed by atoms with van der Waals surface area (Å²) in [5, 5.41) is 3.94. The van der Waals surface area contributed by atoms with Crippen molar-refractivity contribution in [1.29, 1.82) is 0 Å². The zero-order chi connectivity index (χ0) is 17.0. The fourth-order valence-electron chi connectivity index (χ4n) is 2.49. The van der Waals surface area contributed by atoms with Crippen LogP contribution in [0.3, 0.4) is 0 Å². The Balaban J connectivity index is 2.19. The van der Waals surface area contributed by atoms with E-state index < -0.39 is 0 Å². The summed E-state index contributed by atoms with van der Waals surface area (Å²) in [6.07, 6.45) is 1.66. The van der Waals surface area contributed by atoms with Crippen LogP contribution in [0, 0.1) is 13.8 Å². The molecule has 2 rings (SSSR count). The standard InChI is InChI=1S/C18H22ClN3O/c1-5-22(6-2)18(23)16-8-7-14(11-20-16)21-17-13(4)9-12(3)10-15(17)19/h7-11,21H,5-6H2,1-4H3. The molecule has 0 saturated heterocycles. The molecule has 0 aliphatic rings. The fraction of sp³-hybridized carbons (Fsp3) is 0.333. The molecule has 0 unspecified atom stereocenters. The van der Waals surface area contributed by atoms with Crippen LogP contribution >= 0.6 is 11.6 Å². The van der Waals surface area contributed by atoms with Crippen LogP contribution in [0.4, 0.5) is 11.4 Å². The average Bonchev–Trinajstić information content (AvgIpc) is 2.52. The minimum Gasteiger partial charge on any atom is -0.353 e. The Morgan fingerprint density at radius 3 is 2.43 bits per heavy atom. The Morgan fingerprint density at radius 2 is 1.91 bits per heavy atom. The van der Waals surface area contributed by atoms with Crippen molar-refractivity contribution in [1.82, 2.24) is 9.88 Å². The van der Waals surface area contributed by atoms with Gasteiger partial charge in [0.05, 0.1) is 22.6 Å². The monoisotopic (exact) mass is 331 g/mol. The molecule has 0 bridgehead atoms. The van der Waals surface area contributed by atoms with E-state index in [9.17, 15) is 4.79 Å². The Morgan fingerprint density at radius 1 is 1.22 bits per heavy atom. The Bertz CT molecular complexity index is 671. The van der Waals surface area contributed by atoms with Gasteiger partial charge in [0.15, 0.2) is 0 Å².